The zero-order chi connectivity index (χ0) is 17.2. The molecule has 6 nitrogen and oxygen atoms in total. The van der Waals surface area contributed by atoms with Crippen molar-refractivity contribution >= 4 is 11.9 Å². The number of rotatable bonds is 10. The topological polar surface area (TPSA) is 88.8 Å². The van der Waals surface area contributed by atoms with E-state index in [1.807, 2.05) is 30.3 Å². The number of carboxylic acids is 1. The molecule has 0 bridgehead atoms. The Hall–Kier alpha value is -2.76. The largest absolute Gasteiger partial charge is 0.494 e. The first-order chi connectivity index (χ1) is 11.6. The summed E-state index contributed by atoms with van der Waals surface area (Å²) in [6, 6.07) is 11.0. The molecule has 0 atom stereocenters. The van der Waals surface area contributed by atoms with Crippen LogP contribution in [-0.2, 0) is 22.6 Å². The van der Waals surface area contributed by atoms with E-state index in [0.717, 1.165) is 11.3 Å². The SMILES string of the molecule is O=C(O)CCCOc1ccc(CNC(=O)CCc2ccco2)cc1. The Morgan fingerprint density at radius 1 is 1.12 bits per heavy atom. The number of furan rings is 1. The van der Waals surface area contributed by atoms with Crippen LogP contribution in [0.1, 0.15) is 30.6 Å². The minimum absolute atomic E-state index is 0.0274. The minimum Gasteiger partial charge on any atom is -0.494 e. The second-order valence-corrected chi connectivity index (χ2v) is 5.35. The third kappa shape index (κ3) is 6.56. The monoisotopic (exact) mass is 331 g/mol. The van der Waals surface area contributed by atoms with Crippen molar-refractivity contribution in [3.63, 3.8) is 0 Å². The van der Waals surface area contributed by atoms with E-state index in [2.05, 4.69) is 5.32 Å². The summed E-state index contributed by atoms with van der Waals surface area (Å²) >= 11 is 0. The Morgan fingerprint density at radius 3 is 2.58 bits per heavy atom. The fourth-order valence-electron chi connectivity index (χ4n) is 2.10. The number of hydrogen-bond acceptors (Lipinski definition) is 4. The Kier molecular flexibility index (Phi) is 6.89. The van der Waals surface area contributed by atoms with E-state index < -0.39 is 5.97 Å². The zero-order valence-electron chi connectivity index (χ0n) is 13.4. The molecule has 24 heavy (non-hydrogen) atoms. The fraction of sp³-hybridized carbons (Fsp3) is 0.333. The molecule has 1 aromatic carbocycles. The molecule has 0 aliphatic carbocycles. The molecule has 1 heterocycles. The molecule has 1 aromatic heterocycles. The first-order valence-corrected chi connectivity index (χ1v) is 7.86. The van der Waals surface area contributed by atoms with Gasteiger partial charge in [-0.2, -0.15) is 0 Å². The van der Waals surface area contributed by atoms with Gasteiger partial charge in [0.05, 0.1) is 12.9 Å². The molecule has 0 aliphatic rings. The summed E-state index contributed by atoms with van der Waals surface area (Å²) in [4.78, 5) is 22.2. The lowest BCUT2D eigenvalue weighted by Crippen LogP contribution is -2.22. The van der Waals surface area contributed by atoms with Crippen molar-refractivity contribution in [2.24, 2.45) is 0 Å². The number of nitrogens with one attached hydrogen (secondary N) is 1. The van der Waals surface area contributed by atoms with Crippen LogP contribution < -0.4 is 10.1 Å². The second kappa shape index (κ2) is 9.39. The highest BCUT2D eigenvalue weighted by atomic mass is 16.5. The number of aliphatic carboxylic acids is 1. The van der Waals surface area contributed by atoms with Crippen LogP contribution in [-0.4, -0.2) is 23.6 Å². The van der Waals surface area contributed by atoms with Crippen molar-refractivity contribution in [1.29, 1.82) is 0 Å². The third-order valence-corrected chi connectivity index (χ3v) is 3.40. The maximum Gasteiger partial charge on any atom is 0.303 e. The Balaban J connectivity index is 1.65. The van der Waals surface area contributed by atoms with Gasteiger partial charge in [-0.15, -0.1) is 0 Å². The van der Waals surface area contributed by atoms with Gasteiger partial charge in [-0.3, -0.25) is 9.59 Å². The number of hydrogen-bond donors (Lipinski definition) is 2. The van der Waals surface area contributed by atoms with Gasteiger partial charge in [0.25, 0.3) is 0 Å². The lowest BCUT2D eigenvalue weighted by Gasteiger charge is -2.08. The van der Waals surface area contributed by atoms with Crippen LogP contribution in [0.3, 0.4) is 0 Å². The molecule has 0 unspecified atom stereocenters. The van der Waals surface area contributed by atoms with E-state index in [1.54, 1.807) is 12.3 Å². The summed E-state index contributed by atoms with van der Waals surface area (Å²) in [6.07, 6.45) is 3.14. The molecule has 0 radical (unpaired) electrons. The van der Waals surface area contributed by atoms with Gasteiger partial charge in [0.2, 0.25) is 5.91 Å². The van der Waals surface area contributed by atoms with Crippen LogP contribution in [0.5, 0.6) is 5.75 Å². The summed E-state index contributed by atoms with van der Waals surface area (Å²) < 4.78 is 10.6. The average molecular weight is 331 g/mol. The molecule has 0 spiro atoms. The lowest BCUT2D eigenvalue weighted by atomic mass is 10.2. The summed E-state index contributed by atoms with van der Waals surface area (Å²) in [7, 11) is 0. The Bertz CT molecular complexity index is 634. The van der Waals surface area contributed by atoms with Crippen molar-refractivity contribution in [1.82, 2.24) is 5.32 Å². The van der Waals surface area contributed by atoms with Crippen LogP contribution in [0, 0.1) is 0 Å². The molecule has 2 N–H and O–H groups in total. The Labute approximate surface area is 140 Å². The van der Waals surface area contributed by atoms with Crippen LogP contribution in [0.2, 0.25) is 0 Å². The molecule has 1 amide bonds. The quantitative estimate of drug-likeness (QED) is 0.654. The standard InChI is InChI=1S/C18H21NO5/c20-17(10-9-15-3-1-11-23-15)19-13-14-5-7-16(8-6-14)24-12-2-4-18(21)22/h1,3,5-8,11H,2,4,9-10,12-13H2,(H,19,20)(H,21,22). The third-order valence-electron chi connectivity index (χ3n) is 3.40. The maximum atomic E-state index is 11.8. The number of ether oxygens (including phenoxy) is 1. The predicted octanol–water partition coefficient (Wildman–Crippen LogP) is 2.77. The molecular formula is C18H21NO5. The summed E-state index contributed by atoms with van der Waals surface area (Å²) in [5.74, 6) is 0.639. The first-order valence-electron chi connectivity index (χ1n) is 7.86. The van der Waals surface area contributed by atoms with Gasteiger partial charge < -0.3 is 19.6 Å². The predicted molar refractivity (Wildman–Crippen MR) is 87.7 cm³/mol. The number of aryl methyl sites for hydroxylation is 1. The van der Waals surface area contributed by atoms with Gasteiger partial charge >= 0.3 is 5.97 Å². The van der Waals surface area contributed by atoms with E-state index in [9.17, 15) is 9.59 Å². The number of carbonyl (C=O) groups is 2. The highest BCUT2D eigenvalue weighted by Crippen LogP contribution is 2.13. The highest BCUT2D eigenvalue weighted by molar-refractivity contribution is 5.76. The molecule has 6 heteroatoms. The van der Waals surface area contributed by atoms with E-state index in [-0.39, 0.29) is 12.3 Å². The zero-order valence-corrected chi connectivity index (χ0v) is 13.4. The summed E-state index contributed by atoms with van der Waals surface area (Å²) in [5, 5.41) is 11.4. The molecular weight excluding hydrogens is 310 g/mol. The first kappa shape index (κ1) is 17.6. The summed E-state index contributed by atoms with van der Waals surface area (Å²) in [6.45, 7) is 0.825. The van der Waals surface area contributed by atoms with Crippen LogP contribution in [0.15, 0.2) is 47.1 Å². The van der Waals surface area contributed by atoms with Crippen molar-refractivity contribution in [2.75, 3.05) is 6.61 Å². The molecule has 0 fully saturated rings. The fourth-order valence-corrected chi connectivity index (χ4v) is 2.10. The minimum atomic E-state index is -0.822. The smallest absolute Gasteiger partial charge is 0.303 e. The number of carbonyl (C=O) groups excluding carboxylic acids is 1. The van der Waals surface area contributed by atoms with Crippen molar-refractivity contribution in [3.05, 3.63) is 54.0 Å². The molecule has 128 valence electrons. The lowest BCUT2D eigenvalue weighted by molar-refractivity contribution is -0.137. The number of amides is 1. The molecule has 0 saturated heterocycles. The van der Waals surface area contributed by atoms with Gasteiger partial charge in [-0.1, -0.05) is 12.1 Å². The van der Waals surface area contributed by atoms with E-state index >= 15 is 0 Å². The average Bonchev–Trinajstić information content (AvgIpc) is 3.09. The van der Waals surface area contributed by atoms with Gasteiger partial charge in [-0.25, -0.2) is 0 Å². The number of benzene rings is 1. The van der Waals surface area contributed by atoms with Crippen LogP contribution in [0.4, 0.5) is 0 Å². The van der Waals surface area contributed by atoms with E-state index in [0.29, 0.717) is 38.2 Å². The van der Waals surface area contributed by atoms with Gasteiger partial charge in [0, 0.05) is 25.8 Å². The van der Waals surface area contributed by atoms with Crippen molar-refractivity contribution in [2.45, 2.75) is 32.2 Å². The summed E-state index contributed by atoms with van der Waals surface area (Å²) in [5.41, 5.74) is 0.972. The second-order valence-electron chi connectivity index (χ2n) is 5.35. The number of carboxylic acid groups (broad SMARTS) is 1. The van der Waals surface area contributed by atoms with Gasteiger partial charge in [0.15, 0.2) is 0 Å². The normalized spacial score (nSPS) is 10.3. The molecule has 2 aromatic rings. The van der Waals surface area contributed by atoms with Crippen LogP contribution >= 0.6 is 0 Å². The van der Waals surface area contributed by atoms with Gasteiger partial charge in [-0.05, 0) is 36.2 Å². The maximum absolute atomic E-state index is 11.8. The van der Waals surface area contributed by atoms with Crippen molar-refractivity contribution < 1.29 is 23.8 Å². The highest BCUT2D eigenvalue weighted by Gasteiger charge is 2.04. The molecule has 0 saturated carbocycles. The van der Waals surface area contributed by atoms with E-state index in [4.69, 9.17) is 14.3 Å². The van der Waals surface area contributed by atoms with Crippen molar-refractivity contribution in [3.8, 4) is 5.75 Å². The molecule has 2 rings (SSSR count). The molecule has 0 aliphatic heterocycles. The van der Waals surface area contributed by atoms with Crippen LogP contribution in [0.25, 0.3) is 0 Å². The Morgan fingerprint density at radius 2 is 1.92 bits per heavy atom. The van der Waals surface area contributed by atoms with E-state index in [1.165, 1.54) is 0 Å². The van der Waals surface area contributed by atoms with Gasteiger partial charge in [0.1, 0.15) is 11.5 Å².